The fourth-order valence-electron chi connectivity index (χ4n) is 5.00. The molecule has 2 aliphatic heterocycles. The van der Waals surface area contributed by atoms with E-state index in [1.165, 1.54) is 0 Å². The summed E-state index contributed by atoms with van der Waals surface area (Å²) in [5.74, 6) is -1.14. The van der Waals surface area contributed by atoms with Gasteiger partial charge < -0.3 is 15.0 Å². The number of nitriles is 1. The fourth-order valence-corrected chi connectivity index (χ4v) is 5.00. The third-order valence-electron chi connectivity index (χ3n) is 6.88. The molecule has 9 heteroatoms. The number of nitrogens with one attached hydrogen (secondary N) is 2. The molecule has 1 aromatic carbocycles. The molecule has 2 aliphatic rings. The number of hydroxylamine groups is 1. The molecule has 0 radical (unpaired) electrons. The zero-order valence-corrected chi connectivity index (χ0v) is 20.7. The highest BCUT2D eigenvalue weighted by atomic mass is 16.5. The number of aromatic nitrogens is 1. The summed E-state index contributed by atoms with van der Waals surface area (Å²) >= 11 is 0. The van der Waals surface area contributed by atoms with Crippen LogP contribution in [0.15, 0.2) is 36.4 Å². The van der Waals surface area contributed by atoms with Crippen LogP contribution in [-0.2, 0) is 9.59 Å². The number of carbonyl (C=O) groups excluding carboxylic acids is 2. The Morgan fingerprint density at radius 2 is 2.00 bits per heavy atom. The Kier molecular flexibility index (Phi) is 7.67. The molecule has 2 aromatic rings. The molecule has 3 N–H and O–H groups in total. The Bertz CT molecular complexity index is 1210. The van der Waals surface area contributed by atoms with E-state index < -0.39 is 17.9 Å². The van der Waals surface area contributed by atoms with Gasteiger partial charge in [-0.05, 0) is 61.9 Å². The van der Waals surface area contributed by atoms with Gasteiger partial charge in [-0.2, -0.15) is 5.26 Å². The van der Waals surface area contributed by atoms with Gasteiger partial charge in [0.2, 0.25) is 17.7 Å². The lowest BCUT2D eigenvalue weighted by Gasteiger charge is -2.38. The first-order chi connectivity index (χ1) is 17.3. The number of amides is 2. The minimum Gasteiger partial charge on any atom is -0.473 e. The van der Waals surface area contributed by atoms with E-state index in [0.717, 1.165) is 28.0 Å². The monoisotopic (exact) mass is 489 g/mol. The second kappa shape index (κ2) is 10.9. The minimum atomic E-state index is -0.791. The number of carbonyl (C=O) groups is 2. The number of piperidine rings is 1. The molecule has 3 heterocycles. The summed E-state index contributed by atoms with van der Waals surface area (Å²) in [6.45, 7) is 7.04. The van der Waals surface area contributed by atoms with Gasteiger partial charge in [0.15, 0.2) is 0 Å². The summed E-state index contributed by atoms with van der Waals surface area (Å²) in [5.41, 5.74) is 7.30. The van der Waals surface area contributed by atoms with Crippen LogP contribution in [0.5, 0.6) is 5.88 Å². The van der Waals surface area contributed by atoms with E-state index in [-0.39, 0.29) is 18.4 Å². The van der Waals surface area contributed by atoms with Crippen molar-refractivity contribution in [3.8, 4) is 11.9 Å². The maximum absolute atomic E-state index is 13.4. The predicted molar refractivity (Wildman–Crippen MR) is 133 cm³/mol. The normalized spacial score (nSPS) is 21.8. The molecule has 4 rings (SSSR count). The van der Waals surface area contributed by atoms with E-state index >= 15 is 0 Å². The average Bonchev–Trinajstić information content (AvgIpc) is 2.87. The Morgan fingerprint density at radius 1 is 1.25 bits per heavy atom. The van der Waals surface area contributed by atoms with Gasteiger partial charge in [0.05, 0.1) is 23.6 Å². The van der Waals surface area contributed by atoms with E-state index in [4.69, 9.17) is 4.74 Å². The van der Waals surface area contributed by atoms with Crippen LogP contribution < -0.4 is 15.5 Å². The lowest BCUT2D eigenvalue weighted by molar-refractivity contribution is -0.145. The van der Waals surface area contributed by atoms with Crippen LogP contribution in [-0.4, -0.2) is 58.7 Å². The molecular formula is C27H31N5O4. The SMILES string of the molecule is Cc1cccc(O[C@@H]2CN[C@H](C(=O)N3CC=C(c4cc(C)c(C#N)c(C)c4)CC3)[C@@H](C(=O)NO)C2)n1. The lowest BCUT2D eigenvalue weighted by Crippen LogP contribution is -2.60. The van der Waals surface area contributed by atoms with Gasteiger partial charge in [0.25, 0.3) is 0 Å². The topological polar surface area (TPSA) is 128 Å². The zero-order valence-electron chi connectivity index (χ0n) is 20.7. The number of aryl methyl sites for hydroxylation is 3. The van der Waals surface area contributed by atoms with Crippen molar-refractivity contribution in [1.82, 2.24) is 20.7 Å². The highest BCUT2D eigenvalue weighted by Crippen LogP contribution is 2.28. The number of hydrogen-bond acceptors (Lipinski definition) is 7. The first-order valence-electron chi connectivity index (χ1n) is 12.1. The lowest BCUT2D eigenvalue weighted by atomic mass is 9.87. The molecule has 0 bridgehead atoms. The third-order valence-corrected chi connectivity index (χ3v) is 6.88. The maximum atomic E-state index is 13.4. The Morgan fingerprint density at radius 3 is 2.61 bits per heavy atom. The van der Waals surface area contributed by atoms with Crippen LogP contribution in [0.25, 0.3) is 5.57 Å². The van der Waals surface area contributed by atoms with Crippen molar-refractivity contribution >= 4 is 17.4 Å². The summed E-state index contributed by atoms with van der Waals surface area (Å²) < 4.78 is 5.94. The van der Waals surface area contributed by atoms with E-state index in [9.17, 15) is 20.1 Å². The molecule has 1 fully saturated rings. The van der Waals surface area contributed by atoms with Gasteiger partial charge in [-0.1, -0.05) is 24.3 Å². The summed E-state index contributed by atoms with van der Waals surface area (Å²) in [5, 5.41) is 21.8. The summed E-state index contributed by atoms with van der Waals surface area (Å²) in [4.78, 5) is 32.0. The second-order valence-electron chi connectivity index (χ2n) is 9.42. The van der Waals surface area contributed by atoms with Crippen LogP contribution >= 0.6 is 0 Å². The molecule has 2 amide bonds. The molecule has 0 saturated carbocycles. The summed E-state index contributed by atoms with van der Waals surface area (Å²) in [6, 6.07) is 11.0. The number of ether oxygens (including phenoxy) is 1. The quantitative estimate of drug-likeness (QED) is 0.435. The van der Waals surface area contributed by atoms with Crippen LogP contribution in [0.2, 0.25) is 0 Å². The largest absolute Gasteiger partial charge is 0.473 e. The third kappa shape index (κ3) is 5.40. The Labute approximate surface area is 210 Å². The first-order valence-corrected chi connectivity index (χ1v) is 12.1. The maximum Gasteiger partial charge on any atom is 0.248 e. The van der Waals surface area contributed by atoms with Crippen LogP contribution in [0, 0.1) is 38.0 Å². The van der Waals surface area contributed by atoms with Crippen LogP contribution in [0.1, 0.15) is 40.8 Å². The Balaban J connectivity index is 1.44. The highest BCUT2D eigenvalue weighted by molar-refractivity contribution is 5.90. The molecule has 1 saturated heterocycles. The van der Waals surface area contributed by atoms with Gasteiger partial charge in [0, 0.05) is 31.4 Å². The van der Waals surface area contributed by atoms with Crippen molar-refractivity contribution in [1.29, 1.82) is 5.26 Å². The van der Waals surface area contributed by atoms with Crippen molar-refractivity contribution in [3.63, 3.8) is 0 Å². The number of pyridine rings is 1. The summed E-state index contributed by atoms with van der Waals surface area (Å²) in [6.07, 6.45) is 2.59. The molecular weight excluding hydrogens is 458 g/mol. The molecule has 9 nitrogen and oxygen atoms in total. The van der Waals surface area contributed by atoms with Crippen molar-refractivity contribution in [2.75, 3.05) is 19.6 Å². The number of hydrogen-bond donors (Lipinski definition) is 3. The molecule has 1 aromatic heterocycles. The van der Waals surface area contributed by atoms with E-state index in [1.807, 2.05) is 51.1 Å². The van der Waals surface area contributed by atoms with Gasteiger partial charge in [-0.15, -0.1) is 0 Å². The molecule has 0 spiro atoms. The average molecular weight is 490 g/mol. The highest BCUT2D eigenvalue weighted by Gasteiger charge is 2.42. The second-order valence-corrected chi connectivity index (χ2v) is 9.42. The summed E-state index contributed by atoms with van der Waals surface area (Å²) in [7, 11) is 0. The smallest absolute Gasteiger partial charge is 0.248 e. The van der Waals surface area contributed by atoms with E-state index in [0.29, 0.717) is 37.5 Å². The molecule has 0 unspecified atom stereocenters. The number of nitrogens with zero attached hydrogens (tertiary/aromatic N) is 3. The van der Waals surface area contributed by atoms with Gasteiger partial charge in [-0.3, -0.25) is 14.8 Å². The van der Waals surface area contributed by atoms with Gasteiger partial charge in [-0.25, -0.2) is 10.5 Å². The van der Waals surface area contributed by atoms with Crippen LogP contribution in [0.4, 0.5) is 0 Å². The predicted octanol–water partition coefficient (Wildman–Crippen LogP) is 2.43. The number of benzene rings is 1. The fraction of sp³-hybridized carbons (Fsp3) is 0.407. The Hall–Kier alpha value is -3.74. The molecule has 188 valence electrons. The van der Waals surface area contributed by atoms with E-state index in [2.05, 4.69) is 16.4 Å². The van der Waals surface area contributed by atoms with Crippen molar-refractivity contribution in [2.24, 2.45) is 5.92 Å². The van der Waals surface area contributed by atoms with Crippen molar-refractivity contribution in [3.05, 3.63) is 64.4 Å². The first kappa shape index (κ1) is 25.4. The van der Waals surface area contributed by atoms with Crippen molar-refractivity contribution < 1.29 is 19.5 Å². The van der Waals surface area contributed by atoms with E-state index in [1.54, 1.807) is 16.4 Å². The molecule has 3 atom stereocenters. The zero-order chi connectivity index (χ0) is 25.8. The molecule has 0 aliphatic carbocycles. The van der Waals surface area contributed by atoms with Crippen LogP contribution in [0.3, 0.4) is 0 Å². The standard InChI is InChI=1S/C27H31N5O4/c1-16-11-20(12-17(2)23(16)14-28)19-7-9-32(10-8-19)27(34)25-22(26(33)31-35)13-21(15-29-25)36-24-6-4-5-18(3)30-24/h4-7,11-12,21-22,25,29,35H,8-10,13,15H2,1-3H3,(H,31,33)/t21-,22-,25-/m0/s1. The minimum absolute atomic E-state index is 0.182. The van der Waals surface area contributed by atoms with Gasteiger partial charge >= 0.3 is 0 Å². The molecule has 36 heavy (non-hydrogen) atoms. The number of rotatable bonds is 5. The van der Waals surface area contributed by atoms with Gasteiger partial charge in [0.1, 0.15) is 6.10 Å². The van der Waals surface area contributed by atoms with Crippen molar-refractivity contribution in [2.45, 2.75) is 45.8 Å².